The van der Waals surface area contributed by atoms with Crippen molar-refractivity contribution in [1.29, 1.82) is 0 Å². The number of benzene rings is 1. The Bertz CT molecular complexity index is 937. The molecule has 31 heavy (non-hydrogen) atoms. The van der Waals surface area contributed by atoms with Crippen molar-refractivity contribution < 1.29 is 12.8 Å². The van der Waals surface area contributed by atoms with Crippen LogP contribution >= 0.6 is 27.3 Å². The average molecular weight is 547 g/mol. The molecule has 1 atom stereocenters. The summed E-state index contributed by atoms with van der Waals surface area (Å²) in [6.07, 6.45) is 0.787. The largest absolute Gasteiger partial charge is 0.415 e. The van der Waals surface area contributed by atoms with Gasteiger partial charge in [-0.15, -0.1) is 11.3 Å². The standard InChI is InChI=1S/C23H36BrNO3S2Si/c1-18(2)13-14-25(30(26,27)20-11-9-8-10-12-20)21(22-15-19(24)17-29-22)16-28-31(6,7)23(3,4)5/h8-12,15,17-18,21H,13-14,16H2,1-7H3. The minimum Gasteiger partial charge on any atom is -0.415 e. The first kappa shape index (κ1) is 26.7. The molecular weight excluding hydrogens is 510 g/mol. The van der Waals surface area contributed by atoms with Crippen molar-refractivity contribution in [2.45, 2.75) is 70.1 Å². The first-order valence-electron chi connectivity index (χ1n) is 10.7. The maximum Gasteiger partial charge on any atom is 0.243 e. The highest BCUT2D eigenvalue weighted by Gasteiger charge is 2.40. The van der Waals surface area contributed by atoms with Gasteiger partial charge in [-0.25, -0.2) is 8.42 Å². The predicted octanol–water partition coefficient (Wildman–Crippen LogP) is 7.31. The number of halogens is 1. The molecule has 2 aromatic rings. The second-order valence-corrected chi connectivity index (χ2v) is 18.4. The monoisotopic (exact) mass is 545 g/mol. The fourth-order valence-corrected chi connectivity index (χ4v) is 7.11. The van der Waals surface area contributed by atoms with Gasteiger partial charge in [0.2, 0.25) is 10.0 Å². The number of hydrogen-bond donors (Lipinski definition) is 0. The molecule has 0 aliphatic heterocycles. The zero-order valence-corrected chi connectivity index (χ0v) is 23.9. The van der Waals surface area contributed by atoms with Crippen LogP contribution in [0, 0.1) is 5.92 Å². The molecule has 0 saturated heterocycles. The second kappa shape index (κ2) is 10.6. The van der Waals surface area contributed by atoms with Crippen molar-refractivity contribution in [2.75, 3.05) is 13.2 Å². The number of nitrogens with zero attached hydrogens (tertiary/aromatic N) is 1. The van der Waals surface area contributed by atoms with Gasteiger partial charge in [-0.2, -0.15) is 4.31 Å². The number of hydrogen-bond acceptors (Lipinski definition) is 4. The van der Waals surface area contributed by atoms with E-state index in [1.54, 1.807) is 39.9 Å². The van der Waals surface area contributed by atoms with Gasteiger partial charge in [-0.05, 0) is 64.6 Å². The molecule has 4 nitrogen and oxygen atoms in total. The van der Waals surface area contributed by atoms with Gasteiger partial charge in [0.1, 0.15) is 0 Å². The second-order valence-electron chi connectivity index (χ2n) is 9.87. The molecule has 0 amide bonds. The van der Waals surface area contributed by atoms with Crippen LogP contribution in [0.15, 0.2) is 51.1 Å². The van der Waals surface area contributed by atoms with E-state index in [9.17, 15) is 8.42 Å². The van der Waals surface area contributed by atoms with Gasteiger partial charge >= 0.3 is 0 Å². The Hall–Kier alpha value is -0.513. The molecule has 0 N–H and O–H groups in total. The fraction of sp³-hybridized carbons (Fsp3) is 0.565. The molecule has 0 aliphatic rings. The van der Waals surface area contributed by atoms with E-state index in [4.69, 9.17) is 4.43 Å². The molecule has 0 saturated carbocycles. The third kappa shape index (κ3) is 6.98. The smallest absolute Gasteiger partial charge is 0.243 e. The van der Waals surface area contributed by atoms with Crippen molar-refractivity contribution >= 4 is 45.6 Å². The first-order valence-corrected chi connectivity index (χ1v) is 16.7. The summed E-state index contributed by atoms with van der Waals surface area (Å²) in [5.41, 5.74) is 0. The van der Waals surface area contributed by atoms with Crippen LogP contribution in [0.3, 0.4) is 0 Å². The first-order chi connectivity index (χ1) is 14.3. The minimum atomic E-state index is -3.68. The lowest BCUT2D eigenvalue weighted by Gasteiger charge is -2.39. The number of thiophene rings is 1. The van der Waals surface area contributed by atoms with Crippen molar-refractivity contribution in [2.24, 2.45) is 5.92 Å². The van der Waals surface area contributed by atoms with Crippen LogP contribution < -0.4 is 0 Å². The number of sulfonamides is 1. The lowest BCUT2D eigenvalue weighted by Crippen LogP contribution is -2.45. The Balaban J connectivity index is 2.50. The highest BCUT2D eigenvalue weighted by Crippen LogP contribution is 2.39. The Morgan fingerprint density at radius 2 is 1.77 bits per heavy atom. The third-order valence-electron chi connectivity index (χ3n) is 5.95. The Labute approximate surface area is 202 Å². The summed E-state index contributed by atoms with van der Waals surface area (Å²) in [7, 11) is -5.73. The van der Waals surface area contributed by atoms with Crippen molar-refractivity contribution in [3.8, 4) is 0 Å². The normalized spacial score (nSPS) is 14.4. The molecule has 0 aliphatic carbocycles. The molecule has 0 spiro atoms. The molecular formula is C23H36BrNO3S2Si. The van der Waals surface area contributed by atoms with Crippen LogP contribution in [0.5, 0.6) is 0 Å². The van der Waals surface area contributed by atoms with E-state index in [2.05, 4.69) is 63.6 Å². The summed E-state index contributed by atoms with van der Waals surface area (Å²) in [4.78, 5) is 1.32. The van der Waals surface area contributed by atoms with Gasteiger partial charge in [0.25, 0.3) is 0 Å². The lowest BCUT2D eigenvalue weighted by atomic mass is 10.1. The van der Waals surface area contributed by atoms with Gasteiger partial charge in [0.15, 0.2) is 8.32 Å². The Morgan fingerprint density at radius 3 is 2.26 bits per heavy atom. The van der Waals surface area contributed by atoms with E-state index >= 15 is 0 Å². The molecule has 2 rings (SSSR count). The van der Waals surface area contributed by atoms with Gasteiger partial charge < -0.3 is 4.43 Å². The summed E-state index contributed by atoms with van der Waals surface area (Å²) >= 11 is 5.11. The maximum absolute atomic E-state index is 13.8. The van der Waals surface area contributed by atoms with Crippen LogP contribution in [0.4, 0.5) is 0 Å². The number of rotatable bonds is 10. The van der Waals surface area contributed by atoms with Crippen molar-refractivity contribution in [3.63, 3.8) is 0 Å². The molecule has 1 aromatic carbocycles. The van der Waals surface area contributed by atoms with Crippen LogP contribution in [-0.4, -0.2) is 34.2 Å². The molecule has 1 aromatic heterocycles. The van der Waals surface area contributed by atoms with Crippen LogP contribution in [0.25, 0.3) is 0 Å². The quantitative estimate of drug-likeness (QED) is 0.294. The van der Waals surface area contributed by atoms with E-state index in [1.165, 1.54) is 0 Å². The van der Waals surface area contributed by atoms with E-state index in [0.29, 0.717) is 24.0 Å². The van der Waals surface area contributed by atoms with Crippen molar-refractivity contribution in [3.05, 3.63) is 51.1 Å². The Morgan fingerprint density at radius 1 is 1.16 bits per heavy atom. The van der Waals surface area contributed by atoms with E-state index < -0.39 is 18.3 Å². The molecule has 0 bridgehead atoms. The summed E-state index contributed by atoms with van der Waals surface area (Å²) in [5, 5.41) is 2.05. The van der Waals surface area contributed by atoms with Crippen LogP contribution in [0.2, 0.25) is 18.1 Å². The minimum absolute atomic E-state index is 0.0502. The summed E-state index contributed by atoms with van der Waals surface area (Å²) < 4.78 is 36.7. The van der Waals surface area contributed by atoms with Gasteiger partial charge in [0, 0.05) is 21.3 Å². The average Bonchev–Trinajstić information content (AvgIpc) is 3.09. The molecule has 1 heterocycles. The molecule has 0 radical (unpaired) electrons. The SMILES string of the molecule is CC(C)CCN(C(CO[Si](C)(C)C(C)(C)C)c1cc(Br)cs1)S(=O)(=O)c1ccccc1. The Kier molecular flexibility index (Phi) is 9.15. The van der Waals surface area contributed by atoms with Crippen LogP contribution in [-0.2, 0) is 14.4 Å². The topological polar surface area (TPSA) is 46.6 Å². The highest BCUT2D eigenvalue weighted by molar-refractivity contribution is 9.10. The van der Waals surface area contributed by atoms with Gasteiger partial charge in [-0.1, -0.05) is 52.8 Å². The summed E-state index contributed by atoms with van der Waals surface area (Å²) in [6.45, 7) is 16.1. The molecule has 174 valence electrons. The maximum atomic E-state index is 13.8. The molecule has 0 fully saturated rings. The fourth-order valence-electron chi connectivity index (χ4n) is 2.87. The highest BCUT2D eigenvalue weighted by atomic mass is 79.9. The zero-order chi connectivity index (χ0) is 23.4. The zero-order valence-electron chi connectivity index (χ0n) is 19.7. The molecule has 8 heteroatoms. The lowest BCUT2D eigenvalue weighted by molar-refractivity contribution is 0.189. The van der Waals surface area contributed by atoms with Crippen LogP contribution in [0.1, 0.15) is 52.0 Å². The summed E-state index contributed by atoms with van der Waals surface area (Å²) in [5.74, 6) is 0.394. The van der Waals surface area contributed by atoms with Crippen molar-refractivity contribution in [1.82, 2.24) is 4.31 Å². The van der Waals surface area contributed by atoms with Gasteiger partial charge in [0.05, 0.1) is 17.5 Å². The van der Waals surface area contributed by atoms with Gasteiger partial charge in [-0.3, -0.25) is 0 Å². The molecule has 1 unspecified atom stereocenters. The van der Waals surface area contributed by atoms with E-state index in [0.717, 1.165) is 15.8 Å². The van der Waals surface area contributed by atoms with E-state index in [-0.39, 0.29) is 11.1 Å². The third-order valence-corrected chi connectivity index (χ3v) is 14.2. The predicted molar refractivity (Wildman–Crippen MR) is 138 cm³/mol. The summed E-state index contributed by atoms with van der Waals surface area (Å²) in [6, 6.07) is 10.4. The van der Waals surface area contributed by atoms with E-state index in [1.807, 2.05) is 17.5 Å².